The number of thiocarbonyl (C=S) groups is 1. The van der Waals surface area contributed by atoms with Gasteiger partial charge in [-0.15, -0.1) is 0 Å². The third-order valence-electron chi connectivity index (χ3n) is 3.51. The minimum Gasteiger partial charge on any atom is -0.332 e. The van der Waals surface area contributed by atoms with Gasteiger partial charge in [0.15, 0.2) is 5.11 Å². The summed E-state index contributed by atoms with van der Waals surface area (Å²) in [5.74, 6) is -0.262. The van der Waals surface area contributed by atoms with E-state index in [0.29, 0.717) is 16.8 Å². The van der Waals surface area contributed by atoms with Crippen LogP contribution in [-0.2, 0) is 5.41 Å². The zero-order chi connectivity index (χ0) is 17.7. The summed E-state index contributed by atoms with van der Waals surface area (Å²) < 4.78 is 0. The van der Waals surface area contributed by atoms with Crippen molar-refractivity contribution >= 4 is 28.9 Å². The maximum absolute atomic E-state index is 12.2. The number of hydrogen-bond donors (Lipinski definition) is 2. The number of benzene rings is 2. The van der Waals surface area contributed by atoms with E-state index in [4.69, 9.17) is 17.5 Å². The summed E-state index contributed by atoms with van der Waals surface area (Å²) in [5.41, 5.74) is 3.03. The molecule has 0 fully saturated rings. The monoisotopic (exact) mass is 337 g/mol. The van der Waals surface area contributed by atoms with Crippen molar-refractivity contribution in [2.24, 2.45) is 0 Å². The second kappa shape index (κ2) is 7.24. The fraction of sp³-hybridized carbons (Fsp3) is 0.211. The molecule has 0 radical (unpaired) electrons. The van der Waals surface area contributed by atoms with Gasteiger partial charge in [-0.05, 0) is 59.6 Å². The van der Waals surface area contributed by atoms with Gasteiger partial charge in [0, 0.05) is 11.3 Å². The van der Waals surface area contributed by atoms with Gasteiger partial charge < -0.3 is 5.32 Å². The third-order valence-corrected chi connectivity index (χ3v) is 3.72. The van der Waals surface area contributed by atoms with Crippen LogP contribution in [0.3, 0.4) is 0 Å². The molecule has 0 aliphatic rings. The van der Waals surface area contributed by atoms with Crippen LogP contribution in [0.1, 0.15) is 42.3 Å². The van der Waals surface area contributed by atoms with Crippen molar-refractivity contribution in [1.29, 1.82) is 5.26 Å². The highest BCUT2D eigenvalue weighted by atomic mass is 32.1. The lowest BCUT2D eigenvalue weighted by atomic mass is 9.87. The molecule has 0 bridgehead atoms. The van der Waals surface area contributed by atoms with Crippen LogP contribution in [0.4, 0.5) is 5.69 Å². The van der Waals surface area contributed by atoms with Crippen LogP contribution in [0, 0.1) is 11.3 Å². The van der Waals surface area contributed by atoms with E-state index < -0.39 is 0 Å². The lowest BCUT2D eigenvalue weighted by molar-refractivity contribution is 0.0977. The van der Waals surface area contributed by atoms with Gasteiger partial charge in [0.05, 0.1) is 11.6 Å². The highest BCUT2D eigenvalue weighted by molar-refractivity contribution is 7.80. The fourth-order valence-electron chi connectivity index (χ4n) is 2.09. The van der Waals surface area contributed by atoms with Crippen LogP contribution in [0.25, 0.3) is 0 Å². The third kappa shape index (κ3) is 4.64. The predicted molar refractivity (Wildman–Crippen MR) is 100.0 cm³/mol. The Morgan fingerprint density at radius 3 is 2.12 bits per heavy atom. The maximum atomic E-state index is 12.2. The van der Waals surface area contributed by atoms with Crippen LogP contribution in [-0.4, -0.2) is 11.0 Å². The molecule has 4 nitrogen and oxygen atoms in total. The zero-order valence-electron chi connectivity index (χ0n) is 13.9. The second-order valence-electron chi connectivity index (χ2n) is 6.42. The molecule has 2 rings (SSSR count). The lowest BCUT2D eigenvalue weighted by Crippen LogP contribution is -2.34. The van der Waals surface area contributed by atoms with Crippen LogP contribution < -0.4 is 10.6 Å². The fourth-order valence-corrected chi connectivity index (χ4v) is 2.30. The van der Waals surface area contributed by atoms with E-state index in [2.05, 4.69) is 31.4 Å². The molecule has 2 aromatic rings. The quantitative estimate of drug-likeness (QED) is 0.814. The van der Waals surface area contributed by atoms with Gasteiger partial charge in [0.1, 0.15) is 0 Å². The van der Waals surface area contributed by atoms with Gasteiger partial charge in [-0.2, -0.15) is 5.26 Å². The molecular formula is C19H19N3OS. The summed E-state index contributed by atoms with van der Waals surface area (Å²) in [5, 5.41) is 14.6. The van der Waals surface area contributed by atoms with Crippen molar-refractivity contribution in [2.75, 3.05) is 5.32 Å². The lowest BCUT2D eigenvalue weighted by Gasteiger charge is -2.19. The number of nitrogens with zero attached hydrogens (tertiary/aromatic N) is 1. The molecule has 0 spiro atoms. The topological polar surface area (TPSA) is 64.9 Å². The van der Waals surface area contributed by atoms with Crippen LogP contribution >= 0.6 is 12.2 Å². The number of amides is 1. The van der Waals surface area contributed by atoms with Gasteiger partial charge in [-0.25, -0.2) is 0 Å². The van der Waals surface area contributed by atoms with Crippen LogP contribution in [0.2, 0.25) is 0 Å². The van der Waals surface area contributed by atoms with Crippen molar-refractivity contribution in [3.05, 3.63) is 65.2 Å². The molecule has 0 saturated carbocycles. The number of anilines is 1. The largest absolute Gasteiger partial charge is 0.332 e. The Morgan fingerprint density at radius 1 is 1.04 bits per heavy atom. The Morgan fingerprint density at radius 2 is 1.62 bits per heavy atom. The number of nitriles is 1. The number of hydrogen-bond acceptors (Lipinski definition) is 3. The first-order valence-corrected chi connectivity index (χ1v) is 7.93. The van der Waals surface area contributed by atoms with Gasteiger partial charge in [0.25, 0.3) is 5.91 Å². The van der Waals surface area contributed by atoms with Gasteiger partial charge in [-0.1, -0.05) is 32.9 Å². The van der Waals surface area contributed by atoms with E-state index in [9.17, 15) is 4.79 Å². The molecule has 0 unspecified atom stereocenters. The molecular weight excluding hydrogens is 318 g/mol. The van der Waals surface area contributed by atoms with E-state index in [0.717, 1.165) is 5.56 Å². The molecule has 0 saturated heterocycles. The normalized spacial score (nSPS) is 10.6. The number of rotatable bonds is 2. The van der Waals surface area contributed by atoms with Crippen LogP contribution in [0.15, 0.2) is 48.5 Å². The molecule has 0 atom stereocenters. The molecule has 2 N–H and O–H groups in total. The van der Waals surface area contributed by atoms with E-state index in [-0.39, 0.29) is 16.4 Å². The van der Waals surface area contributed by atoms with Crippen molar-refractivity contribution in [2.45, 2.75) is 26.2 Å². The molecule has 24 heavy (non-hydrogen) atoms. The first-order chi connectivity index (χ1) is 11.3. The van der Waals surface area contributed by atoms with Crippen molar-refractivity contribution in [3.8, 4) is 6.07 Å². The van der Waals surface area contributed by atoms with Gasteiger partial charge in [0.2, 0.25) is 0 Å². The molecule has 5 heteroatoms. The molecule has 0 aliphatic heterocycles. The smallest absolute Gasteiger partial charge is 0.257 e. The first-order valence-electron chi connectivity index (χ1n) is 7.52. The SMILES string of the molecule is CC(C)(C)c1ccc(C(=O)NC(=S)Nc2ccc(C#N)cc2)cc1. The Labute approximate surface area is 147 Å². The molecule has 0 aromatic heterocycles. The van der Waals surface area contributed by atoms with E-state index in [1.54, 1.807) is 36.4 Å². The van der Waals surface area contributed by atoms with Crippen molar-refractivity contribution in [3.63, 3.8) is 0 Å². The molecule has 0 aliphatic carbocycles. The highest BCUT2D eigenvalue weighted by Gasteiger charge is 2.14. The predicted octanol–water partition coefficient (Wildman–Crippen LogP) is 3.98. The second-order valence-corrected chi connectivity index (χ2v) is 6.83. The Hall–Kier alpha value is -2.71. The summed E-state index contributed by atoms with van der Waals surface area (Å²) in [6, 6.07) is 16.4. The maximum Gasteiger partial charge on any atom is 0.257 e. The molecule has 0 heterocycles. The number of carbonyl (C=O) groups is 1. The van der Waals surface area contributed by atoms with E-state index in [1.807, 2.05) is 18.2 Å². The summed E-state index contributed by atoms with van der Waals surface area (Å²) in [6.07, 6.45) is 0. The summed E-state index contributed by atoms with van der Waals surface area (Å²) in [7, 11) is 0. The van der Waals surface area contributed by atoms with E-state index >= 15 is 0 Å². The van der Waals surface area contributed by atoms with Gasteiger partial charge >= 0.3 is 0 Å². The number of nitrogens with one attached hydrogen (secondary N) is 2. The Bertz CT molecular complexity index is 781. The summed E-state index contributed by atoms with van der Waals surface area (Å²) in [6.45, 7) is 6.37. The summed E-state index contributed by atoms with van der Waals surface area (Å²) >= 11 is 5.15. The number of carbonyl (C=O) groups excluding carboxylic acids is 1. The molecule has 2 aromatic carbocycles. The standard InChI is InChI=1S/C19H19N3OS/c1-19(2,3)15-8-6-14(7-9-15)17(23)22-18(24)21-16-10-4-13(12-20)5-11-16/h4-11H,1-3H3,(H2,21,22,23,24). The highest BCUT2D eigenvalue weighted by Crippen LogP contribution is 2.22. The average Bonchev–Trinajstić information content (AvgIpc) is 2.54. The minimum absolute atomic E-state index is 0.0431. The van der Waals surface area contributed by atoms with Crippen LogP contribution in [0.5, 0.6) is 0 Å². The van der Waals surface area contributed by atoms with Crippen molar-refractivity contribution in [1.82, 2.24) is 5.32 Å². The Balaban J connectivity index is 1.98. The zero-order valence-corrected chi connectivity index (χ0v) is 14.7. The minimum atomic E-state index is -0.262. The molecule has 122 valence electrons. The first kappa shape index (κ1) is 17.6. The van der Waals surface area contributed by atoms with Gasteiger partial charge in [-0.3, -0.25) is 10.1 Å². The molecule has 1 amide bonds. The summed E-state index contributed by atoms with van der Waals surface area (Å²) in [4.78, 5) is 12.2. The average molecular weight is 337 g/mol. The Kier molecular flexibility index (Phi) is 5.32. The van der Waals surface area contributed by atoms with E-state index in [1.165, 1.54) is 0 Å². The van der Waals surface area contributed by atoms with Crippen molar-refractivity contribution < 1.29 is 4.79 Å².